The van der Waals surface area contributed by atoms with Gasteiger partial charge >= 0.3 is 6.01 Å². The zero-order valence-electron chi connectivity index (χ0n) is 14.1. The largest absolute Gasteiger partial charge is 0.496 e. The second-order valence-corrected chi connectivity index (χ2v) is 7.50. The molecular weight excluding hydrogens is 326 g/mol. The lowest BCUT2D eigenvalue weighted by molar-refractivity contribution is -0.466. The van der Waals surface area contributed by atoms with E-state index in [-0.39, 0.29) is 0 Å². The summed E-state index contributed by atoms with van der Waals surface area (Å²) < 4.78 is 5.65. The molecule has 120 valence electrons. The lowest BCUT2D eigenvalue weighted by atomic mass is 10.1. The van der Waals surface area contributed by atoms with E-state index in [1.54, 1.807) is 11.3 Å². The van der Waals surface area contributed by atoms with Crippen LogP contribution in [0.4, 0.5) is 17.1 Å². The van der Waals surface area contributed by atoms with Gasteiger partial charge in [0.05, 0.1) is 0 Å². The van der Waals surface area contributed by atoms with Crippen molar-refractivity contribution in [2.45, 2.75) is 19.9 Å². The first-order valence-electron chi connectivity index (χ1n) is 8.45. The van der Waals surface area contributed by atoms with Crippen molar-refractivity contribution in [2.75, 3.05) is 0 Å². The highest BCUT2D eigenvalue weighted by molar-refractivity contribution is 7.26. The quantitative estimate of drug-likeness (QED) is 0.438. The molecule has 2 aromatic carbocycles. The van der Waals surface area contributed by atoms with Gasteiger partial charge in [-0.2, -0.15) is 0 Å². The third kappa shape index (κ3) is 2.08. The predicted octanol–water partition coefficient (Wildman–Crippen LogP) is 5.52. The number of hydrogen-bond acceptors (Lipinski definition) is 2. The smallest absolute Gasteiger partial charge is 0.245 e. The molecule has 0 unspecified atom stereocenters. The van der Waals surface area contributed by atoms with Gasteiger partial charge in [-0.15, -0.1) is 11.3 Å². The second kappa shape index (κ2) is 5.35. The lowest BCUT2D eigenvalue weighted by Crippen LogP contribution is -2.12. The number of fused-ring (bicyclic) bond motifs is 4. The third-order valence-electron chi connectivity index (χ3n) is 4.60. The number of thiophene rings is 1. The molecule has 2 aromatic heterocycles. The molecule has 0 bridgehead atoms. The van der Waals surface area contributed by atoms with E-state index < -0.39 is 0 Å². The van der Waals surface area contributed by atoms with Crippen molar-refractivity contribution in [3.63, 3.8) is 0 Å². The summed E-state index contributed by atoms with van der Waals surface area (Å²) in [5, 5.41) is 2.48. The Balaban J connectivity index is 1.86. The highest BCUT2D eigenvalue weighted by Gasteiger charge is 2.37. The average Bonchev–Trinajstić information content (AvgIpc) is 3.20. The van der Waals surface area contributed by atoms with Crippen LogP contribution in [0.3, 0.4) is 0 Å². The zero-order chi connectivity index (χ0) is 17.0. The summed E-state index contributed by atoms with van der Waals surface area (Å²) in [6.45, 7) is 4.38. The van der Waals surface area contributed by atoms with Gasteiger partial charge in [-0.25, -0.2) is 4.98 Å². The number of benzene rings is 2. The molecule has 4 heteroatoms. The molecule has 5 rings (SSSR count). The van der Waals surface area contributed by atoms with Gasteiger partial charge in [-0.1, -0.05) is 28.8 Å². The van der Waals surface area contributed by atoms with E-state index in [2.05, 4.69) is 82.5 Å². The van der Waals surface area contributed by atoms with Crippen LogP contribution in [0.15, 0.2) is 60.8 Å². The van der Waals surface area contributed by atoms with E-state index in [1.807, 2.05) is 12.3 Å². The number of aromatic nitrogens is 1. The summed E-state index contributed by atoms with van der Waals surface area (Å²) in [4.78, 5) is 5.62. The number of nitrogens with zero attached hydrogens (tertiary/aromatic N) is 3. The maximum absolute atomic E-state index is 4.54. The van der Waals surface area contributed by atoms with Crippen LogP contribution >= 0.6 is 11.3 Å². The number of rotatable bonds is 2. The molecule has 0 saturated carbocycles. The molecule has 0 amide bonds. The monoisotopic (exact) mass is 343 g/mol. The maximum Gasteiger partial charge on any atom is 0.496 e. The minimum Gasteiger partial charge on any atom is -0.245 e. The average molecular weight is 343 g/mol. The first-order valence-corrected chi connectivity index (χ1v) is 9.26. The van der Waals surface area contributed by atoms with Gasteiger partial charge in [-0.3, -0.25) is 0 Å². The van der Waals surface area contributed by atoms with Crippen molar-refractivity contribution in [1.29, 1.82) is 0 Å². The van der Waals surface area contributed by atoms with Gasteiger partial charge in [0.1, 0.15) is 9.53 Å². The summed E-state index contributed by atoms with van der Waals surface area (Å²) in [7, 11) is 0. The lowest BCUT2D eigenvalue weighted by Gasteiger charge is -1.98. The maximum atomic E-state index is 4.54. The predicted molar refractivity (Wildman–Crippen MR) is 105 cm³/mol. The normalized spacial score (nSPS) is 13.4. The fourth-order valence-electron chi connectivity index (χ4n) is 3.44. The van der Waals surface area contributed by atoms with E-state index in [0.29, 0.717) is 6.04 Å². The van der Waals surface area contributed by atoms with Gasteiger partial charge in [0.25, 0.3) is 11.4 Å². The minimum absolute atomic E-state index is 0.356. The Morgan fingerprint density at radius 3 is 2.48 bits per heavy atom. The van der Waals surface area contributed by atoms with Crippen molar-refractivity contribution in [1.82, 2.24) is 9.56 Å². The third-order valence-corrected chi connectivity index (χ3v) is 5.75. The molecule has 0 radical (unpaired) electrons. The topological polar surface area (TPSA) is 18.9 Å². The molecule has 25 heavy (non-hydrogen) atoms. The summed E-state index contributed by atoms with van der Waals surface area (Å²) in [6, 6.07) is 23.0. The van der Waals surface area contributed by atoms with E-state index in [1.165, 1.54) is 26.8 Å². The zero-order valence-corrected chi connectivity index (χ0v) is 14.9. The van der Waals surface area contributed by atoms with Crippen LogP contribution in [0.25, 0.3) is 20.3 Å². The van der Waals surface area contributed by atoms with Crippen LogP contribution in [-0.4, -0.2) is 21.6 Å². The highest BCUT2D eigenvalue weighted by atomic mass is 32.1. The Kier molecular flexibility index (Phi) is 3.11. The molecule has 3 nitrogen and oxygen atoms in total. The minimum atomic E-state index is 0.356. The molecule has 0 atom stereocenters. The molecule has 4 aromatic rings. The Morgan fingerprint density at radius 2 is 1.64 bits per heavy atom. The molecule has 0 aliphatic carbocycles. The molecule has 0 fully saturated rings. The molecule has 1 aliphatic rings. The first kappa shape index (κ1) is 14.5. The van der Waals surface area contributed by atoms with Gasteiger partial charge in [-0.05, 0) is 30.6 Å². The van der Waals surface area contributed by atoms with Crippen LogP contribution in [0.1, 0.15) is 13.8 Å². The Hall–Kier alpha value is -2.81. The van der Waals surface area contributed by atoms with Crippen LogP contribution in [-0.2, 0) is 0 Å². The van der Waals surface area contributed by atoms with Crippen molar-refractivity contribution >= 4 is 54.7 Å². The fourth-order valence-corrected chi connectivity index (χ4v) is 4.59. The molecule has 1 aliphatic heterocycles. The fraction of sp³-hybridized carbons (Fsp3) is 0.143. The van der Waals surface area contributed by atoms with E-state index in [0.717, 1.165) is 10.5 Å². The summed E-state index contributed by atoms with van der Waals surface area (Å²) in [6.07, 6.45) is 1.86. The van der Waals surface area contributed by atoms with Gasteiger partial charge in [0, 0.05) is 35.2 Å². The summed E-state index contributed by atoms with van der Waals surface area (Å²) >= 11 is 1.75. The van der Waals surface area contributed by atoms with Crippen molar-refractivity contribution in [3.8, 4) is 0 Å². The number of pyridine rings is 1. The second-order valence-electron chi connectivity index (χ2n) is 6.50. The summed E-state index contributed by atoms with van der Waals surface area (Å²) in [5.41, 5.74) is 3.54. The van der Waals surface area contributed by atoms with Gasteiger partial charge in [0.15, 0.2) is 6.04 Å². The van der Waals surface area contributed by atoms with Gasteiger partial charge < -0.3 is 0 Å². The Morgan fingerprint density at radius 1 is 0.880 bits per heavy atom. The molecule has 0 saturated heterocycles. The van der Waals surface area contributed by atoms with Crippen molar-refractivity contribution < 1.29 is 4.58 Å². The van der Waals surface area contributed by atoms with E-state index >= 15 is 0 Å². The van der Waals surface area contributed by atoms with Crippen molar-refractivity contribution in [2.24, 2.45) is 0 Å². The standard InChI is InChI=1S/C21H17N3S/c1-14(2)23-13-24(18-10-4-3-9-17(18)23)19-11-5-7-15-16-8-6-12-22-21(16)25-20(15)19/h3-12,14H,1-2H3/q+2. The number of para-hydroxylation sites is 2. The van der Waals surface area contributed by atoms with Crippen LogP contribution in [0.2, 0.25) is 0 Å². The van der Waals surface area contributed by atoms with Crippen LogP contribution in [0, 0.1) is 0 Å². The van der Waals surface area contributed by atoms with E-state index in [4.69, 9.17) is 0 Å². The van der Waals surface area contributed by atoms with Crippen LogP contribution in [0.5, 0.6) is 0 Å². The molecular formula is C21H17N3S+2. The highest BCUT2D eigenvalue weighted by Crippen LogP contribution is 2.41. The molecule has 0 spiro atoms. The van der Waals surface area contributed by atoms with Crippen LogP contribution < -0.4 is 4.58 Å². The Bertz CT molecular complexity index is 1210. The molecule has 3 heterocycles. The van der Waals surface area contributed by atoms with E-state index in [9.17, 15) is 0 Å². The number of hydrogen-bond donors (Lipinski definition) is 0. The SMILES string of the molecule is CC(C)[N+]1=C=[N+](c2cccc3c2sc2ncccc23)c2ccccc21. The first-order chi connectivity index (χ1) is 12.2. The van der Waals surface area contributed by atoms with Gasteiger partial charge in [0.2, 0.25) is 5.69 Å². The Labute approximate surface area is 149 Å². The van der Waals surface area contributed by atoms with Crippen molar-refractivity contribution in [3.05, 3.63) is 60.8 Å². The summed E-state index contributed by atoms with van der Waals surface area (Å²) in [5.74, 6) is 0. The molecule has 0 N–H and O–H groups in total.